The van der Waals surface area contributed by atoms with Gasteiger partial charge in [0.15, 0.2) is 0 Å². The van der Waals surface area contributed by atoms with E-state index in [-0.39, 0.29) is 17.4 Å². The van der Waals surface area contributed by atoms with Gasteiger partial charge >= 0.3 is 6.03 Å². The molecule has 2 rings (SSSR count). The molecule has 1 aliphatic rings. The summed E-state index contributed by atoms with van der Waals surface area (Å²) in [5.41, 5.74) is 1.07. The highest BCUT2D eigenvalue weighted by Crippen LogP contribution is 2.36. The van der Waals surface area contributed by atoms with Gasteiger partial charge < -0.3 is 15.3 Å². The molecule has 1 saturated heterocycles. The maximum Gasteiger partial charge on any atom is 0.317 e. The van der Waals surface area contributed by atoms with Crippen LogP contribution in [0.25, 0.3) is 0 Å². The third-order valence-electron chi connectivity index (χ3n) is 3.79. The molecule has 0 radical (unpaired) electrons. The lowest BCUT2D eigenvalue weighted by atomic mass is 10.1. The van der Waals surface area contributed by atoms with Crippen molar-refractivity contribution < 1.29 is 9.90 Å². The van der Waals surface area contributed by atoms with Crippen LogP contribution in [0.5, 0.6) is 0 Å². The molecular formula is C16H24N2O2S. The molecule has 21 heavy (non-hydrogen) atoms. The lowest BCUT2D eigenvalue weighted by Gasteiger charge is -2.27. The van der Waals surface area contributed by atoms with E-state index in [1.54, 1.807) is 4.90 Å². The summed E-state index contributed by atoms with van der Waals surface area (Å²) in [4.78, 5) is 14.0. The number of aliphatic hydroxyl groups excluding tert-OH is 1. The molecule has 0 saturated carbocycles. The summed E-state index contributed by atoms with van der Waals surface area (Å²) >= 11 is 1.93. The van der Waals surface area contributed by atoms with Crippen molar-refractivity contribution in [2.24, 2.45) is 0 Å². The van der Waals surface area contributed by atoms with Crippen LogP contribution in [-0.4, -0.2) is 46.2 Å². The van der Waals surface area contributed by atoms with Gasteiger partial charge in [-0.3, -0.25) is 0 Å². The van der Waals surface area contributed by atoms with Crippen molar-refractivity contribution >= 4 is 17.8 Å². The number of hydrogen-bond donors (Lipinski definition) is 2. The van der Waals surface area contributed by atoms with E-state index in [0.29, 0.717) is 19.6 Å². The van der Waals surface area contributed by atoms with Gasteiger partial charge in [0, 0.05) is 24.4 Å². The van der Waals surface area contributed by atoms with E-state index in [9.17, 15) is 4.79 Å². The number of urea groups is 1. The highest BCUT2D eigenvalue weighted by molar-refractivity contribution is 8.00. The van der Waals surface area contributed by atoms with Crippen LogP contribution in [0.15, 0.2) is 30.3 Å². The van der Waals surface area contributed by atoms with Crippen LogP contribution in [0.4, 0.5) is 4.79 Å². The first-order valence-electron chi connectivity index (χ1n) is 7.44. The van der Waals surface area contributed by atoms with Crippen molar-refractivity contribution in [2.75, 3.05) is 25.4 Å². The van der Waals surface area contributed by atoms with Crippen LogP contribution in [0, 0.1) is 0 Å². The Kier molecular flexibility index (Phi) is 5.94. The maximum atomic E-state index is 12.3. The monoisotopic (exact) mass is 308 g/mol. The maximum absolute atomic E-state index is 12.3. The lowest BCUT2D eigenvalue weighted by molar-refractivity contribution is 0.173. The van der Waals surface area contributed by atoms with E-state index in [1.165, 1.54) is 12.2 Å². The molecule has 0 aliphatic carbocycles. The van der Waals surface area contributed by atoms with E-state index in [2.05, 4.69) is 12.2 Å². The van der Waals surface area contributed by atoms with Crippen molar-refractivity contribution in [3.05, 3.63) is 35.9 Å². The van der Waals surface area contributed by atoms with Gasteiger partial charge in [-0.25, -0.2) is 4.79 Å². The smallest absolute Gasteiger partial charge is 0.317 e. The molecule has 116 valence electrons. The number of benzene rings is 1. The molecule has 1 fully saturated rings. The van der Waals surface area contributed by atoms with Gasteiger partial charge in [-0.05, 0) is 31.1 Å². The second-order valence-corrected chi connectivity index (χ2v) is 7.37. The molecule has 0 spiro atoms. The summed E-state index contributed by atoms with van der Waals surface area (Å²) in [6.07, 6.45) is 2.37. The molecule has 1 heterocycles. The fourth-order valence-corrected chi connectivity index (χ4v) is 3.77. The number of aliphatic hydroxyl groups is 1. The van der Waals surface area contributed by atoms with Gasteiger partial charge in [0.25, 0.3) is 0 Å². The Hall–Kier alpha value is -1.20. The minimum Gasteiger partial charge on any atom is -0.395 e. The summed E-state index contributed by atoms with van der Waals surface area (Å²) in [7, 11) is 0. The predicted octanol–water partition coefficient (Wildman–Crippen LogP) is 2.48. The fourth-order valence-electron chi connectivity index (χ4n) is 2.53. The molecule has 2 N–H and O–H groups in total. The van der Waals surface area contributed by atoms with E-state index in [4.69, 9.17) is 5.11 Å². The SMILES string of the molecule is CC1(CNC(=O)N(CCO)Cc2ccccc2)CCCS1. The second-order valence-electron chi connectivity index (χ2n) is 5.69. The van der Waals surface area contributed by atoms with Gasteiger partial charge in [-0.15, -0.1) is 0 Å². The van der Waals surface area contributed by atoms with Crippen molar-refractivity contribution in [2.45, 2.75) is 31.1 Å². The molecule has 5 heteroatoms. The number of nitrogens with one attached hydrogen (secondary N) is 1. The van der Waals surface area contributed by atoms with Crippen LogP contribution >= 0.6 is 11.8 Å². The summed E-state index contributed by atoms with van der Waals surface area (Å²) < 4.78 is 0.160. The minimum atomic E-state index is -0.0957. The van der Waals surface area contributed by atoms with Crippen LogP contribution in [-0.2, 0) is 6.54 Å². The molecule has 0 aromatic heterocycles. The standard InChI is InChI=1S/C16H24N2O2S/c1-16(8-5-11-21-16)13-17-15(20)18(9-10-19)12-14-6-3-2-4-7-14/h2-4,6-7,19H,5,8-13H2,1H3,(H,17,20). The molecule has 1 unspecified atom stereocenters. The third kappa shape index (κ3) is 4.93. The number of rotatable bonds is 6. The summed E-state index contributed by atoms with van der Waals surface area (Å²) in [6.45, 7) is 3.75. The van der Waals surface area contributed by atoms with Crippen molar-refractivity contribution in [1.82, 2.24) is 10.2 Å². The predicted molar refractivity (Wildman–Crippen MR) is 87.4 cm³/mol. The van der Waals surface area contributed by atoms with Crippen LogP contribution in [0.2, 0.25) is 0 Å². The Labute approximate surface area is 130 Å². The molecule has 1 aliphatic heterocycles. The average molecular weight is 308 g/mol. The zero-order chi connectivity index (χ0) is 15.1. The largest absolute Gasteiger partial charge is 0.395 e. The quantitative estimate of drug-likeness (QED) is 0.849. The van der Waals surface area contributed by atoms with Crippen molar-refractivity contribution in [3.8, 4) is 0 Å². The van der Waals surface area contributed by atoms with E-state index in [1.807, 2.05) is 42.1 Å². The highest BCUT2D eigenvalue weighted by atomic mass is 32.2. The van der Waals surface area contributed by atoms with Gasteiger partial charge in [-0.2, -0.15) is 11.8 Å². The van der Waals surface area contributed by atoms with Crippen LogP contribution in [0.1, 0.15) is 25.3 Å². The summed E-state index contributed by atoms with van der Waals surface area (Å²) in [5.74, 6) is 1.18. The van der Waals surface area contributed by atoms with Crippen LogP contribution < -0.4 is 5.32 Å². The van der Waals surface area contributed by atoms with Gasteiger partial charge in [0.1, 0.15) is 0 Å². The van der Waals surface area contributed by atoms with Crippen molar-refractivity contribution in [3.63, 3.8) is 0 Å². The van der Waals surface area contributed by atoms with Crippen LogP contribution in [0.3, 0.4) is 0 Å². The topological polar surface area (TPSA) is 52.6 Å². The molecule has 1 aromatic rings. The normalized spacial score (nSPS) is 21.2. The van der Waals surface area contributed by atoms with Gasteiger partial charge in [0.2, 0.25) is 0 Å². The number of thioether (sulfide) groups is 1. The Morgan fingerprint density at radius 2 is 2.19 bits per heavy atom. The van der Waals surface area contributed by atoms with Gasteiger partial charge in [0.05, 0.1) is 6.61 Å². The minimum absolute atomic E-state index is 0.0216. The number of amides is 2. The third-order valence-corrected chi connectivity index (χ3v) is 5.33. The Morgan fingerprint density at radius 1 is 1.43 bits per heavy atom. The zero-order valence-electron chi connectivity index (χ0n) is 12.5. The highest BCUT2D eigenvalue weighted by Gasteiger charge is 2.30. The summed E-state index contributed by atoms with van der Waals surface area (Å²) in [5, 5.41) is 12.2. The zero-order valence-corrected chi connectivity index (χ0v) is 13.4. The van der Waals surface area contributed by atoms with E-state index < -0.39 is 0 Å². The second kappa shape index (κ2) is 7.71. The number of nitrogens with zero attached hydrogens (tertiary/aromatic N) is 1. The molecule has 4 nitrogen and oxygen atoms in total. The molecule has 0 bridgehead atoms. The van der Waals surface area contributed by atoms with Gasteiger partial charge in [-0.1, -0.05) is 30.3 Å². The first kappa shape index (κ1) is 16.2. The lowest BCUT2D eigenvalue weighted by Crippen LogP contribution is -2.45. The molecule has 2 amide bonds. The van der Waals surface area contributed by atoms with E-state index >= 15 is 0 Å². The Balaban J connectivity index is 1.89. The number of hydrogen-bond acceptors (Lipinski definition) is 3. The first-order chi connectivity index (χ1) is 10.1. The number of carbonyl (C=O) groups excluding carboxylic acids is 1. The molecule has 1 atom stereocenters. The Bertz CT molecular complexity index is 447. The fraction of sp³-hybridized carbons (Fsp3) is 0.562. The molecular weight excluding hydrogens is 284 g/mol. The first-order valence-corrected chi connectivity index (χ1v) is 8.43. The van der Waals surface area contributed by atoms with E-state index in [0.717, 1.165) is 12.0 Å². The molecule has 1 aromatic carbocycles. The number of carbonyl (C=O) groups is 1. The summed E-state index contributed by atoms with van der Waals surface area (Å²) in [6, 6.07) is 9.76. The Morgan fingerprint density at radius 3 is 2.81 bits per heavy atom. The van der Waals surface area contributed by atoms with Crippen molar-refractivity contribution in [1.29, 1.82) is 0 Å². The average Bonchev–Trinajstić information content (AvgIpc) is 2.93.